The van der Waals surface area contributed by atoms with Crippen LogP contribution in [0.1, 0.15) is 21.5 Å². The maximum atomic E-state index is 12.7. The molecule has 6 heteroatoms. The van der Waals surface area contributed by atoms with Crippen LogP contribution in [-0.2, 0) is 22.0 Å². The van der Waals surface area contributed by atoms with Crippen molar-refractivity contribution >= 4 is 15.7 Å². The van der Waals surface area contributed by atoms with E-state index in [1.165, 1.54) is 11.8 Å². The molecule has 0 saturated heterocycles. The minimum atomic E-state index is -3.09. The molecule has 1 amide bonds. The summed E-state index contributed by atoms with van der Waals surface area (Å²) in [4.78, 5) is 14.4. The van der Waals surface area contributed by atoms with Gasteiger partial charge in [0.15, 0.2) is 9.84 Å². The van der Waals surface area contributed by atoms with Gasteiger partial charge in [-0.15, -0.1) is 0 Å². The predicted octanol–water partition coefficient (Wildman–Crippen LogP) is 1.87. The lowest BCUT2D eigenvalue weighted by Crippen LogP contribution is -2.36. The zero-order chi connectivity index (χ0) is 18.3. The molecule has 5 nitrogen and oxygen atoms in total. The maximum absolute atomic E-state index is 12.7. The van der Waals surface area contributed by atoms with E-state index in [9.17, 15) is 13.2 Å². The van der Waals surface area contributed by atoms with Crippen molar-refractivity contribution in [3.8, 4) is 0 Å². The largest absolute Gasteiger partial charge is 0.337 e. The highest BCUT2D eigenvalue weighted by atomic mass is 32.2. The first-order valence-corrected chi connectivity index (χ1v) is 10.2. The van der Waals surface area contributed by atoms with Crippen molar-refractivity contribution < 1.29 is 13.2 Å². The van der Waals surface area contributed by atoms with Gasteiger partial charge in [0.05, 0.1) is 5.75 Å². The summed E-state index contributed by atoms with van der Waals surface area (Å²) in [5, 5.41) is 0. The van der Waals surface area contributed by atoms with E-state index < -0.39 is 9.84 Å². The lowest BCUT2D eigenvalue weighted by molar-refractivity contribution is 0.0762. The van der Waals surface area contributed by atoms with Crippen LogP contribution in [0.4, 0.5) is 0 Å². The summed E-state index contributed by atoms with van der Waals surface area (Å²) < 4.78 is 22.7. The summed E-state index contributed by atoms with van der Waals surface area (Å²) in [7, 11) is -3.09. The molecular formula is C19H24N2O3S. The molecule has 0 fully saturated rings. The number of carbonyl (C=O) groups excluding carboxylic acids is 1. The van der Waals surface area contributed by atoms with Gasteiger partial charge in [-0.3, -0.25) is 4.79 Å². The van der Waals surface area contributed by atoms with Crippen LogP contribution in [0.2, 0.25) is 0 Å². The summed E-state index contributed by atoms with van der Waals surface area (Å²) in [6, 6.07) is 16.7. The van der Waals surface area contributed by atoms with E-state index in [1.54, 1.807) is 29.2 Å². The van der Waals surface area contributed by atoms with Crippen molar-refractivity contribution in [2.45, 2.75) is 12.2 Å². The number of hydrogen-bond donors (Lipinski definition) is 1. The Labute approximate surface area is 149 Å². The fraction of sp³-hybridized carbons (Fsp3) is 0.316. The number of nitrogens with zero attached hydrogens (tertiary/aromatic N) is 1. The van der Waals surface area contributed by atoms with E-state index in [4.69, 9.17) is 5.73 Å². The van der Waals surface area contributed by atoms with Crippen molar-refractivity contribution in [3.63, 3.8) is 0 Å². The summed E-state index contributed by atoms with van der Waals surface area (Å²) in [5.41, 5.74) is 8.03. The molecule has 0 atom stereocenters. The van der Waals surface area contributed by atoms with Crippen LogP contribution in [0, 0.1) is 0 Å². The van der Waals surface area contributed by atoms with Crippen LogP contribution in [0.15, 0.2) is 54.6 Å². The Morgan fingerprint density at radius 3 is 2.16 bits per heavy atom. The highest BCUT2D eigenvalue weighted by Crippen LogP contribution is 2.11. The van der Waals surface area contributed by atoms with Crippen molar-refractivity contribution in [2.24, 2.45) is 5.73 Å². The molecule has 134 valence electrons. The summed E-state index contributed by atoms with van der Waals surface area (Å²) in [6.07, 6.45) is 1.96. The predicted molar refractivity (Wildman–Crippen MR) is 100 cm³/mol. The fourth-order valence-electron chi connectivity index (χ4n) is 2.61. The van der Waals surface area contributed by atoms with Gasteiger partial charge >= 0.3 is 0 Å². The molecule has 0 saturated carbocycles. The average Bonchev–Trinajstić information content (AvgIpc) is 2.58. The first-order chi connectivity index (χ1) is 11.9. The van der Waals surface area contributed by atoms with E-state index in [2.05, 4.69) is 0 Å². The Morgan fingerprint density at radius 1 is 0.960 bits per heavy atom. The van der Waals surface area contributed by atoms with Gasteiger partial charge in [0, 0.05) is 31.5 Å². The molecule has 0 spiro atoms. The van der Waals surface area contributed by atoms with Gasteiger partial charge in [0.2, 0.25) is 0 Å². The molecule has 0 aliphatic rings. The van der Waals surface area contributed by atoms with E-state index in [1.807, 2.05) is 30.3 Å². The van der Waals surface area contributed by atoms with Crippen molar-refractivity contribution in [2.75, 3.05) is 25.9 Å². The third kappa shape index (κ3) is 6.32. The number of rotatable bonds is 8. The Morgan fingerprint density at radius 2 is 1.60 bits per heavy atom. The molecule has 0 radical (unpaired) electrons. The zero-order valence-corrected chi connectivity index (χ0v) is 15.2. The van der Waals surface area contributed by atoms with E-state index in [0.717, 1.165) is 6.42 Å². The Kier molecular flexibility index (Phi) is 6.73. The first-order valence-electron chi connectivity index (χ1n) is 8.19. The van der Waals surface area contributed by atoms with Crippen LogP contribution in [0.5, 0.6) is 0 Å². The maximum Gasteiger partial charge on any atom is 0.253 e. The van der Waals surface area contributed by atoms with Gasteiger partial charge < -0.3 is 10.6 Å². The zero-order valence-electron chi connectivity index (χ0n) is 14.4. The van der Waals surface area contributed by atoms with Crippen LogP contribution < -0.4 is 5.73 Å². The number of nitrogens with two attached hydrogens (primary N) is 1. The van der Waals surface area contributed by atoms with Crippen LogP contribution in [0.25, 0.3) is 0 Å². The van der Waals surface area contributed by atoms with E-state index in [0.29, 0.717) is 30.8 Å². The summed E-state index contributed by atoms with van der Waals surface area (Å²) in [6.45, 7) is 1.47. The van der Waals surface area contributed by atoms with Gasteiger partial charge in [-0.25, -0.2) is 8.42 Å². The van der Waals surface area contributed by atoms with Crippen LogP contribution >= 0.6 is 0 Å². The third-order valence-corrected chi connectivity index (χ3v) is 4.69. The number of benzene rings is 2. The second-order valence-electron chi connectivity index (χ2n) is 6.08. The first kappa shape index (κ1) is 19.1. The number of sulfone groups is 1. The van der Waals surface area contributed by atoms with E-state index >= 15 is 0 Å². The quantitative estimate of drug-likeness (QED) is 0.779. The number of carbonyl (C=O) groups is 1. The lowest BCUT2D eigenvalue weighted by atomic mass is 10.1. The molecule has 0 aliphatic carbocycles. The minimum Gasteiger partial charge on any atom is -0.337 e. The topological polar surface area (TPSA) is 80.5 Å². The van der Waals surface area contributed by atoms with Gasteiger partial charge in [-0.1, -0.05) is 42.5 Å². The summed E-state index contributed by atoms with van der Waals surface area (Å²) >= 11 is 0. The highest BCUT2D eigenvalue weighted by molar-refractivity contribution is 7.89. The van der Waals surface area contributed by atoms with E-state index in [-0.39, 0.29) is 11.7 Å². The lowest BCUT2D eigenvalue weighted by Gasteiger charge is -2.22. The SMILES string of the molecule is CS(=O)(=O)Cc1ccc(C(=O)N(CCN)CCc2ccccc2)cc1. The molecule has 25 heavy (non-hydrogen) atoms. The van der Waals surface area contributed by atoms with Crippen molar-refractivity contribution in [1.82, 2.24) is 4.90 Å². The van der Waals surface area contributed by atoms with Crippen LogP contribution in [-0.4, -0.2) is 45.1 Å². The molecule has 0 aromatic heterocycles. The third-order valence-electron chi connectivity index (χ3n) is 3.83. The fourth-order valence-corrected chi connectivity index (χ4v) is 3.41. The van der Waals surface area contributed by atoms with Gasteiger partial charge in [0.25, 0.3) is 5.91 Å². The molecule has 2 rings (SSSR count). The second kappa shape index (κ2) is 8.78. The van der Waals surface area contributed by atoms with Gasteiger partial charge in [-0.05, 0) is 29.7 Å². The molecule has 0 heterocycles. The smallest absolute Gasteiger partial charge is 0.253 e. The second-order valence-corrected chi connectivity index (χ2v) is 8.22. The molecule has 0 unspecified atom stereocenters. The average molecular weight is 360 g/mol. The Bertz CT molecular complexity index is 787. The van der Waals surface area contributed by atoms with Gasteiger partial charge in [0.1, 0.15) is 0 Å². The van der Waals surface area contributed by atoms with Crippen LogP contribution in [0.3, 0.4) is 0 Å². The van der Waals surface area contributed by atoms with Crippen molar-refractivity contribution in [1.29, 1.82) is 0 Å². The highest BCUT2D eigenvalue weighted by Gasteiger charge is 2.15. The normalized spacial score (nSPS) is 11.3. The Balaban J connectivity index is 2.05. The molecule has 2 aromatic rings. The number of hydrogen-bond acceptors (Lipinski definition) is 4. The minimum absolute atomic E-state index is 0.0258. The van der Waals surface area contributed by atoms with Gasteiger partial charge in [-0.2, -0.15) is 0 Å². The number of amides is 1. The molecule has 0 aliphatic heterocycles. The Hall–Kier alpha value is -2.18. The summed E-state index contributed by atoms with van der Waals surface area (Å²) in [5.74, 6) is -0.116. The molecule has 0 bridgehead atoms. The van der Waals surface area contributed by atoms with Crippen molar-refractivity contribution in [3.05, 3.63) is 71.3 Å². The standard InChI is InChI=1S/C19H24N2O3S/c1-25(23,24)15-17-7-9-18(10-8-17)19(22)21(14-12-20)13-11-16-5-3-2-4-6-16/h2-10H,11-15,20H2,1H3. The molecule has 2 N–H and O–H groups in total. The molecular weight excluding hydrogens is 336 g/mol. The monoisotopic (exact) mass is 360 g/mol. The molecule has 2 aromatic carbocycles.